The van der Waals surface area contributed by atoms with Crippen LogP contribution in [0.1, 0.15) is 26.6 Å². The third-order valence-electron chi connectivity index (χ3n) is 3.98. The van der Waals surface area contributed by atoms with Gasteiger partial charge in [-0.1, -0.05) is 0 Å². The number of nitrogens with one attached hydrogen (secondary N) is 2. The smallest absolute Gasteiger partial charge is 0.293 e. The Morgan fingerprint density at radius 1 is 1.50 bits per heavy atom. The van der Waals surface area contributed by atoms with Gasteiger partial charge in [0.25, 0.3) is 17.4 Å². The van der Waals surface area contributed by atoms with E-state index in [1.807, 2.05) is 0 Å². The summed E-state index contributed by atoms with van der Waals surface area (Å²) in [6.07, 6.45) is 1.52. The number of rotatable bonds is 4. The summed E-state index contributed by atoms with van der Waals surface area (Å²) in [4.78, 5) is 37.1. The third kappa shape index (κ3) is 2.71. The van der Waals surface area contributed by atoms with Crippen molar-refractivity contribution in [3.05, 3.63) is 39.6 Å². The number of nitrogens with zero attached hydrogens (tertiary/aromatic N) is 3. The highest BCUT2D eigenvalue weighted by atomic mass is 16.5. The van der Waals surface area contributed by atoms with Crippen molar-refractivity contribution in [3.63, 3.8) is 0 Å². The van der Waals surface area contributed by atoms with Gasteiger partial charge in [0.15, 0.2) is 0 Å². The minimum absolute atomic E-state index is 0.0783. The van der Waals surface area contributed by atoms with Crippen LogP contribution in [0.3, 0.4) is 0 Å². The molecule has 2 aromatic heterocycles. The van der Waals surface area contributed by atoms with Gasteiger partial charge in [-0.2, -0.15) is 10.3 Å². The molecule has 1 aliphatic heterocycles. The molecule has 24 heavy (non-hydrogen) atoms. The van der Waals surface area contributed by atoms with Crippen molar-refractivity contribution in [2.24, 2.45) is 7.05 Å². The summed E-state index contributed by atoms with van der Waals surface area (Å²) in [6.45, 7) is 1.57. The average molecular weight is 335 g/mol. The molecule has 0 aliphatic carbocycles. The van der Waals surface area contributed by atoms with Crippen LogP contribution in [0.15, 0.2) is 21.6 Å². The molecule has 3 rings (SSSR count). The molecule has 0 aromatic carbocycles. The topological polar surface area (TPSA) is 133 Å². The molecule has 0 spiro atoms. The summed E-state index contributed by atoms with van der Waals surface area (Å²) < 4.78 is 6.22. The Morgan fingerprint density at radius 2 is 2.21 bits per heavy atom. The van der Waals surface area contributed by atoms with E-state index < -0.39 is 17.1 Å². The summed E-state index contributed by atoms with van der Waals surface area (Å²) >= 11 is 0. The molecule has 0 saturated carbocycles. The Hall–Kier alpha value is -2.88. The molecule has 2 amide bonds. The van der Waals surface area contributed by atoms with E-state index in [2.05, 4.69) is 15.6 Å². The maximum absolute atomic E-state index is 12.2. The zero-order valence-electron chi connectivity index (χ0n) is 13.2. The van der Waals surface area contributed by atoms with Crippen molar-refractivity contribution in [3.8, 4) is 0 Å². The van der Waals surface area contributed by atoms with Crippen molar-refractivity contribution in [2.75, 3.05) is 19.6 Å². The van der Waals surface area contributed by atoms with Crippen LogP contribution in [0.4, 0.5) is 0 Å². The zero-order chi connectivity index (χ0) is 17.5. The molecular formula is C14H17N5O5. The predicted octanol–water partition coefficient (Wildman–Crippen LogP) is -1.37. The van der Waals surface area contributed by atoms with Gasteiger partial charge in [-0.15, -0.1) is 0 Å². The number of carbonyl (C=O) groups excluding carboxylic acids is 2. The monoisotopic (exact) mass is 335 g/mol. The van der Waals surface area contributed by atoms with Gasteiger partial charge in [-0.25, -0.2) is 0 Å². The Labute approximate surface area is 136 Å². The third-order valence-corrected chi connectivity index (χ3v) is 3.98. The Balaban J connectivity index is 1.56. The van der Waals surface area contributed by atoms with Gasteiger partial charge in [0.05, 0.1) is 19.6 Å². The van der Waals surface area contributed by atoms with Crippen LogP contribution in [0.2, 0.25) is 0 Å². The number of likely N-dealkylation sites (tertiary alicyclic amines) is 1. The lowest BCUT2D eigenvalue weighted by Gasteiger charge is -2.46. The van der Waals surface area contributed by atoms with E-state index in [9.17, 15) is 19.5 Å². The van der Waals surface area contributed by atoms with E-state index in [0.29, 0.717) is 5.69 Å². The Kier molecular flexibility index (Phi) is 3.76. The van der Waals surface area contributed by atoms with Crippen LogP contribution in [0.25, 0.3) is 0 Å². The molecule has 128 valence electrons. The average Bonchev–Trinajstić information content (AvgIpc) is 3.07. The second-order valence-electron chi connectivity index (χ2n) is 5.87. The molecule has 1 saturated heterocycles. The van der Waals surface area contributed by atoms with E-state index in [4.69, 9.17) is 4.52 Å². The van der Waals surface area contributed by atoms with Crippen molar-refractivity contribution in [1.82, 2.24) is 25.2 Å². The Bertz CT molecular complexity index is 842. The standard InChI is InChI=1S/C14H17N5O5/c1-8-10(12(21)17-24-8)11(20)15-5-14(23)6-19(7-14)13(22)9-3-4-16-18(9)2/h3-4,23H,5-7H2,1-2H3,(H,15,20)(H,17,21). The van der Waals surface area contributed by atoms with E-state index in [1.54, 1.807) is 13.1 Å². The van der Waals surface area contributed by atoms with Crippen LogP contribution in [0, 0.1) is 6.92 Å². The molecule has 0 bridgehead atoms. The molecule has 3 N–H and O–H groups in total. The molecule has 1 fully saturated rings. The normalized spacial score (nSPS) is 15.9. The van der Waals surface area contributed by atoms with Gasteiger partial charge in [0.2, 0.25) is 0 Å². The Morgan fingerprint density at radius 3 is 2.75 bits per heavy atom. The highest BCUT2D eigenvalue weighted by molar-refractivity contribution is 5.95. The minimum atomic E-state index is -1.23. The first kappa shape index (κ1) is 16.0. The van der Waals surface area contributed by atoms with Gasteiger partial charge in [-0.05, 0) is 13.0 Å². The van der Waals surface area contributed by atoms with Gasteiger partial charge in [0, 0.05) is 13.2 Å². The fourth-order valence-electron chi connectivity index (χ4n) is 2.65. The number of amides is 2. The van der Waals surface area contributed by atoms with Gasteiger partial charge < -0.3 is 19.8 Å². The second-order valence-corrected chi connectivity index (χ2v) is 5.87. The first-order chi connectivity index (χ1) is 11.3. The van der Waals surface area contributed by atoms with Crippen LogP contribution in [-0.4, -0.2) is 62.0 Å². The number of β-amino-alcohol motifs (C(OH)–C–C–N with tert-alkyl or cyclic N) is 1. The summed E-state index contributed by atoms with van der Waals surface area (Å²) in [5.41, 5.74) is -1.56. The van der Waals surface area contributed by atoms with Gasteiger partial charge in [-0.3, -0.25) is 19.1 Å². The molecule has 1 aliphatic rings. The van der Waals surface area contributed by atoms with Crippen LogP contribution in [0.5, 0.6) is 0 Å². The zero-order valence-corrected chi connectivity index (χ0v) is 13.2. The van der Waals surface area contributed by atoms with Crippen LogP contribution in [-0.2, 0) is 7.05 Å². The molecule has 2 aromatic rings. The molecule has 10 nitrogen and oxygen atoms in total. The number of hydrogen-bond donors (Lipinski definition) is 3. The minimum Gasteiger partial charge on any atom is -0.384 e. The SMILES string of the molecule is Cc1o[nH]c(=O)c1C(=O)NCC1(O)CN(C(=O)c2ccnn2C)C1. The maximum atomic E-state index is 12.2. The van der Waals surface area contributed by atoms with Crippen molar-refractivity contribution in [1.29, 1.82) is 0 Å². The maximum Gasteiger partial charge on any atom is 0.293 e. The predicted molar refractivity (Wildman–Crippen MR) is 80.5 cm³/mol. The molecule has 0 atom stereocenters. The van der Waals surface area contributed by atoms with Crippen molar-refractivity contribution in [2.45, 2.75) is 12.5 Å². The number of carbonyl (C=O) groups is 2. The van der Waals surface area contributed by atoms with E-state index in [1.165, 1.54) is 22.7 Å². The first-order valence-corrected chi connectivity index (χ1v) is 7.27. The summed E-state index contributed by atoms with van der Waals surface area (Å²) in [5, 5.41) is 18.8. The van der Waals surface area contributed by atoms with E-state index >= 15 is 0 Å². The summed E-state index contributed by atoms with van der Waals surface area (Å²) in [5.74, 6) is -0.702. The lowest BCUT2D eigenvalue weighted by molar-refractivity contribution is -0.0775. The molecule has 3 heterocycles. The first-order valence-electron chi connectivity index (χ1n) is 7.27. The van der Waals surface area contributed by atoms with Gasteiger partial charge >= 0.3 is 0 Å². The lowest BCUT2D eigenvalue weighted by Crippen LogP contribution is -2.67. The largest absolute Gasteiger partial charge is 0.384 e. The molecule has 10 heteroatoms. The van der Waals surface area contributed by atoms with Crippen LogP contribution >= 0.6 is 0 Å². The fraction of sp³-hybridized carbons (Fsp3) is 0.429. The quantitative estimate of drug-likeness (QED) is 0.631. The van der Waals surface area contributed by atoms with Crippen molar-refractivity contribution < 1.29 is 19.2 Å². The number of aryl methyl sites for hydroxylation is 2. The summed E-state index contributed by atoms with van der Waals surface area (Å²) in [6, 6.07) is 1.59. The number of H-pyrrole nitrogens is 1. The van der Waals surface area contributed by atoms with Crippen LogP contribution < -0.4 is 10.9 Å². The number of aliphatic hydroxyl groups is 1. The molecule has 0 radical (unpaired) electrons. The van der Waals surface area contributed by atoms with E-state index in [0.717, 1.165) is 0 Å². The molecular weight excluding hydrogens is 318 g/mol. The number of hydrogen-bond acceptors (Lipinski definition) is 6. The lowest BCUT2D eigenvalue weighted by atomic mass is 9.93. The summed E-state index contributed by atoms with van der Waals surface area (Å²) in [7, 11) is 1.66. The van der Waals surface area contributed by atoms with Crippen molar-refractivity contribution >= 4 is 11.8 Å². The molecule has 0 unspecified atom stereocenters. The highest BCUT2D eigenvalue weighted by Crippen LogP contribution is 2.22. The number of aromatic nitrogens is 3. The second kappa shape index (κ2) is 5.64. The van der Waals surface area contributed by atoms with E-state index in [-0.39, 0.29) is 36.9 Å². The fourth-order valence-corrected chi connectivity index (χ4v) is 2.65. The highest BCUT2D eigenvalue weighted by Gasteiger charge is 2.44. The van der Waals surface area contributed by atoms with Gasteiger partial charge in [0.1, 0.15) is 22.6 Å². The number of aromatic amines is 1.